The van der Waals surface area contributed by atoms with Gasteiger partial charge in [-0.15, -0.1) is 6.42 Å². The average Bonchev–Trinajstić information content (AvgIpc) is 3.83. The summed E-state index contributed by atoms with van der Waals surface area (Å²) in [7, 11) is 1.66. The van der Waals surface area contributed by atoms with Crippen LogP contribution in [0.5, 0.6) is 11.8 Å². The van der Waals surface area contributed by atoms with Gasteiger partial charge >= 0.3 is 12.1 Å². The fourth-order valence-corrected chi connectivity index (χ4v) is 10.3. The lowest BCUT2D eigenvalue weighted by atomic mass is 9.94. The van der Waals surface area contributed by atoms with Crippen molar-refractivity contribution in [2.24, 2.45) is 0 Å². The molecule has 3 aromatic carbocycles. The number of fused-ring (bicyclic) bond motifs is 5. The number of anilines is 1. The standard InChI is InChI=1S/C44H43ClF2N6O6S/c1-5-32-35(46)16-13-26-9-6-12-33(36(26)32)38-37(47)39-34(21-48-38)40(51-22-27-14-15-28(23-51)53(27)42(54)59-43(2,3)4)50-41(49-39)57-25-44-17-8-18-52(44)24-30(20-44)58-29-10-7-11-31(19-29)60(45,55)56/h1,6-7,9-13,16,19,21,27-28,30H,8,14-15,17-18,20,22-25H2,2-4H3/t27-,28+,30-,44-/m0/s1. The zero-order valence-electron chi connectivity index (χ0n) is 33.3. The van der Waals surface area contributed by atoms with Crippen LogP contribution in [0.25, 0.3) is 32.9 Å². The van der Waals surface area contributed by atoms with Crippen molar-refractivity contribution < 1.29 is 36.2 Å². The Bertz CT molecular complexity index is 2700. The van der Waals surface area contributed by atoms with Gasteiger partial charge in [-0.25, -0.2) is 22.0 Å². The molecule has 0 unspecified atom stereocenters. The number of benzene rings is 3. The maximum atomic E-state index is 17.2. The van der Waals surface area contributed by atoms with Gasteiger partial charge < -0.3 is 19.1 Å². The summed E-state index contributed by atoms with van der Waals surface area (Å²) in [6, 6.07) is 13.8. The third-order valence-corrected chi connectivity index (χ3v) is 13.4. The third-order valence-electron chi connectivity index (χ3n) is 12.1. The van der Waals surface area contributed by atoms with Crippen LogP contribution in [0, 0.1) is 24.0 Å². The highest BCUT2D eigenvalue weighted by Crippen LogP contribution is 2.43. The van der Waals surface area contributed by atoms with E-state index in [1.54, 1.807) is 36.4 Å². The molecule has 6 heterocycles. The summed E-state index contributed by atoms with van der Waals surface area (Å²) in [5, 5.41) is 1.35. The molecule has 4 aliphatic rings. The van der Waals surface area contributed by atoms with Gasteiger partial charge in [0.2, 0.25) is 0 Å². The molecule has 0 radical (unpaired) electrons. The van der Waals surface area contributed by atoms with E-state index in [0.717, 1.165) is 32.2 Å². The molecule has 4 saturated heterocycles. The van der Waals surface area contributed by atoms with Gasteiger partial charge in [0.25, 0.3) is 9.05 Å². The van der Waals surface area contributed by atoms with Crippen molar-refractivity contribution >= 4 is 53.3 Å². The van der Waals surface area contributed by atoms with Crippen molar-refractivity contribution in [2.45, 2.75) is 87.1 Å². The fourth-order valence-electron chi connectivity index (χ4n) is 9.53. The van der Waals surface area contributed by atoms with Crippen LogP contribution in [-0.4, -0.2) is 101 Å². The normalized spacial score (nSPS) is 22.9. The molecule has 312 valence electrons. The molecule has 2 aromatic heterocycles. The summed E-state index contributed by atoms with van der Waals surface area (Å²) in [6.07, 6.45) is 10.5. The molecule has 60 heavy (non-hydrogen) atoms. The maximum Gasteiger partial charge on any atom is 0.410 e. The maximum absolute atomic E-state index is 17.2. The van der Waals surface area contributed by atoms with E-state index in [2.05, 4.69) is 15.8 Å². The minimum Gasteiger partial charge on any atom is -0.489 e. The summed E-state index contributed by atoms with van der Waals surface area (Å²) in [5.41, 5.74) is -0.858. The van der Waals surface area contributed by atoms with E-state index >= 15 is 8.78 Å². The first-order chi connectivity index (χ1) is 28.6. The predicted octanol–water partition coefficient (Wildman–Crippen LogP) is 7.68. The summed E-state index contributed by atoms with van der Waals surface area (Å²) in [6.45, 7) is 7.94. The number of aromatic nitrogens is 3. The van der Waals surface area contributed by atoms with Crippen molar-refractivity contribution in [3.8, 4) is 35.4 Å². The number of amides is 1. The smallest absolute Gasteiger partial charge is 0.410 e. The highest BCUT2D eigenvalue weighted by Gasteiger charge is 2.50. The van der Waals surface area contributed by atoms with Crippen molar-refractivity contribution in [1.82, 2.24) is 24.8 Å². The van der Waals surface area contributed by atoms with Gasteiger partial charge in [0.15, 0.2) is 5.82 Å². The number of pyridine rings is 1. The van der Waals surface area contributed by atoms with Crippen LogP contribution in [0.2, 0.25) is 0 Å². The number of hydrogen-bond acceptors (Lipinski definition) is 11. The molecular formula is C44H43ClF2N6O6S. The Morgan fingerprint density at radius 3 is 2.55 bits per heavy atom. The van der Waals surface area contributed by atoms with Crippen LogP contribution >= 0.6 is 10.7 Å². The van der Waals surface area contributed by atoms with E-state index in [1.807, 2.05) is 30.6 Å². The van der Waals surface area contributed by atoms with Crippen molar-refractivity contribution in [3.05, 3.63) is 78.0 Å². The van der Waals surface area contributed by atoms with Gasteiger partial charge in [-0.2, -0.15) is 9.97 Å². The van der Waals surface area contributed by atoms with Gasteiger partial charge in [-0.3, -0.25) is 14.8 Å². The van der Waals surface area contributed by atoms with Crippen LogP contribution in [0.15, 0.2) is 65.7 Å². The molecule has 0 spiro atoms. The van der Waals surface area contributed by atoms with E-state index in [1.165, 1.54) is 24.4 Å². The molecule has 0 aliphatic carbocycles. The van der Waals surface area contributed by atoms with Gasteiger partial charge in [-0.05, 0) is 76.6 Å². The second kappa shape index (κ2) is 15.0. The molecule has 1 amide bonds. The first-order valence-corrected chi connectivity index (χ1v) is 22.3. The summed E-state index contributed by atoms with van der Waals surface area (Å²) in [5.74, 6) is 1.90. The van der Waals surface area contributed by atoms with Crippen LogP contribution in [-0.2, 0) is 13.8 Å². The molecule has 0 saturated carbocycles. The molecule has 4 fully saturated rings. The number of carbonyl (C=O) groups excluding carboxylic acids is 1. The topological polar surface area (TPSA) is 127 Å². The Labute approximate surface area is 351 Å². The number of halogens is 3. The van der Waals surface area contributed by atoms with Crippen molar-refractivity contribution in [1.29, 1.82) is 0 Å². The largest absolute Gasteiger partial charge is 0.489 e. The minimum absolute atomic E-state index is 0.00568. The molecule has 4 aliphatic heterocycles. The van der Waals surface area contributed by atoms with Crippen LogP contribution in [0.1, 0.15) is 58.4 Å². The first-order valence-electron chi connectivity index (χ1n) is 20.0. The van der Waals surface area contributed by atoms with Crippen LogP contribution in [0.3, 0.4) is 0 Å². The van der Waals surface area contributed by atoms with Crippen molar-refractivity contribution in [3.63, 3.8) is 0 Å². The second-order valence-corrected chi connectivity index (χ2v) is 19.6. The second-order valence-electron chi connectivity index (χ2n) is 17.1. The van der Waals surface area contributed by atoms with Gasteiger partial charge in [0.05, 0.1) is 33.5 Å². The highest BCUT2D eigenvalue weighted by atomic mass is 35.7. The van der Waals surface area contributed by atoms with Gasteiger partial charge in [0.1, 0.15) is 46.9 Å². The monoisotopic (exact) mass is 856 g/mol. The number of rotatable bonds is 8. The summed E-state index contributed by atoms with van der Waals surface area (Å²) < 4.78 is 74.8. The Balaban J connectivity index is 1.07. The number of terminal acetylenes is 1. The average molecular weight is 857 g/mol. The molecule has 2 bridgehead atoms. The Morgan fingerprint density at radius 2 is 1.82 bits per heavy atom. The molecule has 5 aromatic rings. The number of piperazine rings is 1. The Kier molecular flexibility index (Phi) is 10.0. The zero-order chi connectivity index (χ0) is 42.1. The van der Waals surface area contributed by atoms with Crippen LogP contribution < -0.4 is 14.4 Å². The molecule has 9 rings (SSSR count). The van der Waals surface area contributed by atoms with E-state index in [0.29, 0.717) is 59.3 Å². The molecular weight excluding hydrogens is 814 g/mol. The van der Waals surface area contributed by atoms with Crippen molar-refractivity contribution in [2.75, 3.05) is 37.7 Å². The first kappa shape index (κ1) is 40.1. The van der Waals surface area contributed by atoms with Crippen LogP contribution in [0.4, 0.5) is 19.4 Å². The lowest BCUT2D eigenvalue weighted by Crippen LogP contribution is -2.57. The summed E-state index contributed by atoms with van der Waals surface area (Å²) in [4.78, 5) is 33.7. The minimum atomic E-state index is -3.94. The fraction of sp³-hybridized carbons (Fsp3) is 0.409. The SMILES string of the molecule is C#Cc1c(F)ccc2cccc(-c3ncc4c(N5C[C@H]6CC[C@@H](C5)N6C(=O)OC(C)(C)C)nc(OC[C@@]56CCCN5C[C@@H](Oc5cccc(S(=O)(=O)Cl)c5)C6)nc4c3F)c12. The van der Waals surface area contributed by atoms with E-state index < -0.39 is 31.8 Å². The van der Waals surface area contributed by atoms with E-state index in [4.69, 9.17) is 41.3 Å². The van der Waals surface area contributed by atoms with Gasteiger partial charge in [0, 0.05) is 60.0 Å². The Hall–Kier alpha value is -5.30. The van der Waals surface area contributed by atoms with Gasteiger partial charge in [-0.1, -0.05) is 36.3 Å². The van der Waals surface area contributed by atoms with E-state index in [-0.39, 0.29) is 58.6 Å². The van der Waals surface area contributed by atoms with E-state index in [9.17, 15) is 13.2 Å². The number of nitrogens with zero attached hydrogens (tertiary/aromatic N) is 6. The molecule has 0 N–H and O–H groups in total. The lowest BCUT2D eigenvalue weighted by Gasteiger charge is -2.42. The zero-order valence-corrected chi connectivity index (χ0v) is 34.9. The number of carbonyl (C=O) groups is 1. The Morgan fingerprint density at radius 1 is 1.05 bits per heavy atom. The number of hydrogen-bond donors (Lipinski definition) is 0. The molecule has 12 nitrogen and oxygen atoms in total. The number of ether oxygens (including phenoxy) is 3. The lowest BCUT2D eigenvalue weighted by molar-refractivity contribution is 0.0122. The molecule has 16 heteroatoms. The third kappa shape index (κ3) is 7.32. The summed E-state index contributed by atoms with van der Waals surface area (Å²) >= 11 is 0. The predicted molar refractivity (Wildman–Crippen MR) is 223 cm³/mol. The quantitative estimate of drug-likeness (QED) is 0.113. The highest BCUT2D eigenvalue weighted by molar-refractivity contribution is 8.13. The molecule has 4 atom stereocenters.